The van der Waals surface area contributed by atoms with Gasteiger partial charge in [0.15, 0.2) is 23.2 Å². The maximum Gasteiger partial charge on any atom is 0.434 e. The number of guanidine groups is 1. The molecule has 0 amide bonds. The van der Waals surface area contributed by atoms with Crippen LogP contribution in [0.4, 0.5) is 13.2 Å². The number of ether oxygens (including phenoxy) is 2. The van der Waals surface area contributed by atoms with Crippen molar-refractivity contribution in [2.45, 2.75) is 37.9 Å². The standard InChI is InChI=1S/C19H21F3N4O2S.HI/c1-2-23-17(24-8-16-26-15(9-29-16)19(20,21)22)25-10-18(5-6-18)12-3-4-13-14(7-12)28-11-27-13;/h3-4,7,9H,2,5-6,8,10-11H2,1H3,(H2,23,24,25);1H. The predicted octanol–water partition coefficient (Wildman–Crippen LogP) is 4.30. The van der Waals surface area contributed by atoms with Crippen LogP contribution in [0.5, 0.6) is 11.5 Å². The van der Waals surface area contributed by atoms with Gasteiger partial charge < -0.3 is 20.1 Å². The van der Waals surface area contributed by atoms with E-state index in [1.165, 1.54) is 5.56 Å². The van der Waals surface area contributed by atoms with E-state index in [1.54, 1.807) is 0 Å². The molecule has 0 atom stereocenters. The van der Waals surface area contributed by atoms with Crippen molar-refractivity contribution in [3.63, 3.8) is 0 Å². The van der Waals surface area contributed by atoms with Gasteiger partial charge in [-0.3, -0.25) is 0 Å². The number of benzene rings is 1. The summed E-state index contributed by atoms with van der Waals surface area (Å²) in [4.78, 5) is 8.01. The molecule has 1 fully saturated rings. The SMILES string of the molecule is CCNC(=NCc1nc(C(F)(F)F)cs1)NCC1(c2ccc3c(c2)OCO3)CC1.I. The molecule has 0 radical (unpaired) electrons. The number of alkyl halides is 3. The summed E-state index contributed by atoms with van der Waals surface area (Å²) in [6.07, 6.45) is -2.34. The van der Waals surface area contributed by atoms with E-state index in [2.05, 4.69) is 26.7 Å². The van der Waals surface area contributed by atoms with Crippen molar-refractivity contribution in [3.8, 4) is 11.5 Å². The maximum absolute atomic E-state index is 12.7. The molecule has 2 heterocycles. The first-order valence-corrected chi connectivity index (χ1v) is 10.2. The molecule has 30 heavy (non-hydrogen) atoms. The Morgan fingerprint density at radius 1 is 1.23 bits per heavy atom. The number of aromatic nitrogens is 1. The van der Waals surface area contributed by atoms with Crippen LogP contribution in [0.25, 0.3) is 0 Å². The summed E-state index contributed by atoms with van der Waals surface area (Å²) in [6, 6.07) is 6.01. The molecule has 11 heteroatoms. The molecule has 1 aromatic carbocycles. The quantitative estimate of drug-likeness (QED) is 0.317. The molecular weight excluding hydrogens is 532 g/mol. The number of rotatable bonds is 6. The third-order valence-corrected chi connectivity index (χ3v) is 5.83. The molecule has 0 bridgehead atoms. The van der Waals surface area contributed by atoms with Crippen molar-refractivity contribution in [1.82, 2.24) is 15.6 Å². The van der Waals surface area contributed by atoms with E-state index in [0.29, 0.717) is 24.1 Å². The number of fused-ring (bicyclic) bond motifs is 1. The minimum absolute atomic E-state index is 0. The number of hydrogen-bond donors (Lipinski definition) is 2. The Hall–Kier alpha value is -1.76. The van der Waals surface area contributed by atoms with Gasteiger partial charge in [-0.1, -0.05) is 6.07 Å². The minimum atomic E-state index is -4.43. The second kappa shape index (κ2) is 9.16. The molecule has 164 valence electrons. The van der Waals surface area contributed by atoms with Crippen LogP contribution in [0.15, 0.2) is 28.6 Å². The van der Waals surface area contributed by atoms with Crippen LogP contribution in [0, 0.1) is 0 Å². The van der Waals surface area contributed by atoms with Crippen molar-refractivity contribution < 1.29 is 22.6 Å². The van der Waals surface area contributed by atoms with E-state index >= 15 is 0 Å². The first-order valence-electron chi connectivity index (χ1n) is 9.33. The highest BCUT2D eigenvalue weighted by Crippen LogP contribution is 2.49. The van der Waals surface area contributed by atoms with Crippen molar-refractivity contribution >= 4 is 41.3 Å². The highest BCUT2D eigenvalue weighted by Gasteiger charge is 2.44. The number of halogens is 4. The highest BCUT2D eigenvalue weighted by atomic mass is 127. The molecule has 1 aliphatic heterocycles. The average molecular weight is 554 g/mol. The molecule has 0 saturated heterocycles. The number of hydrogen-bond acceptors (Lipinski definition) is 5. The van der Waals surface area contributed by atoms with Crippen LogP contribution in [0.1, 0.15) is 36.0 Å². The van der Waals surface area contributed by atoms with Gasteiger partial charge in [0.1, 0.15) is 5.01 Å². The zero-order chi connectivity index (χ0) is 20.5. The first kappa shape index (κ1) is 22.9. The molecule has 6 nitrogen and oxygen atoms in total. The molecule has 0 unspecified atom stereocenters. The number of nitrogens with zero attached hydrogens (tertiary/aromatic N) is 2. The van der Waals surface area contributed by atoms with Crippen molar-refractivity contribution in [3.05, 3.63) is 39.8 Å². The summed E-state index contributed by atoms with van der Waals surface area (Å²) in [6.45, 7) is 3.59. The average Bonchev–Trinajstić information content (AvgIpc) is 3.10. The van der Waals surface area contributed by atoms with Gasteiger partial charge in [-0.05, 0) is 37.5 Å². The minimum Gasteiger partial charge on any atom is -0.454 e. The summed E-state index contributed by atoms with van der Waals surface area (Å²) in [5.41, 5.74) is 0.312. The molecule has 4 rings (SSSR count). The molecule has 1 aromatic heterocycles. The van der Waals surface area contributed by atoms with Crippen LogP contribution in [-0.2, 0) is 18.1 Å². The number of nitrogens with one attached hydrogen (secondary N) is 2. The lowest BCUT2D eigenvalue weighted by atomic mass is 9.95. The lowest BCUT2D eigenvalue weighted by molar-refractivity contribution is -0.140. The summed E-state index contributed by atoms with van der Waals surface area (Å²) in [5, 5.41) is 7.79. The molecule has 1 saturated carbocycles. The van der Waals surface area contributed by atoms with E-state index in [4.69, 9.17) is 9.47 Å². The topological polar surface area (TPSA) is 67.8 Å². The summed E-state index contributed by atoms with van der Waals surface area (Å²) in [7, 11) is 0. The normalized spacial score (nSPS) is 16.7. The second-order valence-corrected chi connectivity index (χ2v) is 7.96. The van der Waals surface area contributed by atoms with Crippen LogP contribution in [-0.4, -0.2) is 30.8 Å². The number of aliphatic imine (C=N–C) groups is 1. The maximum atomic E-state index is 12.7. The Bertz CT molecular complexity index is 915. The monoisotopic (exact) mass is 554 g/mol. The van der Waals surface area contributed by atoms with Gasteiger partial charge in [-0.15, -0.1) is 35.3 Å². The van der Waals surface area contributed by atoms with E-state index in [9.17, 15) is 13.2 Å². The van der Waals surface area contributed by atoms with E-state index in [-0.39, 0.29) is 42.7 Å². The third-order valence-electron chi connectivity index (χ3n) is 4.99. The van der Waals surface area contributed by atoms with Crippen LogP contribution in [0.2, 0.25) is 0 Å². The Morgan fingerprint density at radius 3 is 2.67 bits per heavy atom. The highest BCUT2D eigenvalue weighted by molar-refractivity contribution is 14.0. The summed E-state index contributed by atoms with van der Waals surface area (Å²) >= 11 is 0.961. The Balaban J connectivity index is 0.00000256. The fourth-order valence-corrected chi connectivity index (χ4v) is 3.92. The molecule has 2 aromatic rings. The van der Waals surface area contributed by atoms with Crippen molar-refractivity contribution in [2.24, 2.45) is 4.99 Å². The van der Waals surface area contributed by atoms with Crippen LogP contribution >= 0.6 is 35.3 Å². The predicted molar refractivity (Wildman–Crippen MR) is 119 cm³/mol. The van der Waals surface area contributed by atoms with Gasteiger partial charge in [0.25, 0.3) is 0 Å². The van der Waals surface area contributed by atoms with E-state index in [1.807, 2.05) is 19.1 Å². The van der Waals surface area contributed by atoms with Gasteiger partial charge in [0, 0.05) is 23.9 Å². The zero-order valence-electron chi connectivity index (χ0n) is 16.2. The summed E-state index contributed by atoms with van der Waals surface area (Å²) < 4.78 is 48.9. The van der Waals surface area contributed by atoms with Gasteiger partial charge in [0.2, 0.25) is 6.79 Å². The molecule has 1 aliphatic carbocycles. The first-order chi connectivity index (χ1) is 13.9. The second-order valence-electron chi connectivity index (χ2n) is 7.02. The Kier molecular flexibility index (Phi) is 7.00. The number of thiazole rings is 1. The van der Waals surface area contributed by atoms with Gasteiger partial charge in [-0.25, -0.2) is 9.98 Å². The molecule has 2 N–H and O–H groups in total. The largest absolute Gasteiger partial charge is 0.454 e. The third kappa shape index (κ3) is 5.10. The molecular formula is C19H22F3IN4O2S. The van der Waals surface area contributed by atoms with E-state index in [0.717, 1.165) is 41.1 Å². The Labute approximate surface area is 193 Å². The summed E-state index contributed by atoms with van der Waals surface area (Å²) in [5.74, 6) is 2.08. The fourth-order valence-electron chi connectivity index (χ4n) is 3.20. The lowest BCUT2D eigenvalue weighted by Gasteiger charge is -2.19. The van der Waals surface area contributed by atoms with Gasteiger partial charge >= 0.3 is 6.18 Å². The van der Waals surface area contributed by atoms with Crippen molar-refractivity contribution in [1.29, 1.82) is 0 Å². The smallest absolute Gasteiger partial charge is 0.434 e. The van der Waals surface area contributed by atoms with Crippen LogP contribution in [0.3, 0.4) is 0 Å². The Morgan fingerprint density at radius 2 is 2.00 bits per heavy atom. The van der Waals surface area contributed by atoms with Crippen molar-refractivity contribution in [2.75, 3.05) is 19.9 Å². The van der Waals surface area contributed by atoms with Gasteiger partial charge in [0.05, 0.1) is 6.54 Å². The van der Waals surface area contributed by atoms with Crippen LogP contribution < -0.4 is 20.1 Å². The van der Waals surface area contributed by atoms with E-state index < -0.39 is 11.9 Å². The fraction of sp³-hybridized carbons (Fsp3) is 0.474. The zero-order valence-corrected chi connectivity index (χ0v) is 19.4. The van der Waals surface area contributed by atoms with Gasteiger partial charge in [-0.2, -0.15) is 13.2 Å². The molecule has 0 spiro atoms. The molecule has 2 aliphatic rings. The lowest BCUT2D eigenvalue weighted by Crippen LogP contribution is -2.41.